The lowest BCUT2D eigenvalue weighted by molar-refractivity contribution is -0.412. The highest BCUT2D eigenvalue weighted by Gasteiger charge is 2.19. The van der Waals surface area contributed by atoms with Crippen LogP contribution in [-0.2, 0) is 0 Å². The smallest absolute Gasteiger partial charge is 0.153 e. The third kappa shape index (κ3) is 2.84. The van der Waals surface area contributed by atoms with Gasteiger partial charge < -0.3 is 5.73 Å². The molecule has 3 N–H and O–H groups in total. The first kappa shape index (κ1) is 16.7. The zero-order valence-electron chi connectivity index (χ0n) is 15.5. The summed E-state index contributed by atoms with van der Waals surface area (Å²) < 4.78 is 0. The van der Waals surface area contributed by atoms with Crippen LogP contribution in [0.4, 0.5) is 0 Å². The largest absolute Gasteiger partial charge is 0.346 e. The van der Waals surface area contributed by atoms with E-state index in [9.17, 15) is 0 Å². The molecule has 0 aliphatic heterocycles. The topological polar surface area (TPSA) is 40.5 Å². The first-order valence-electron chi connectivity index (χ1n) is 9.57. The molecule has 1 atom stereocenters. The van der Waals surface area contributed by atoms with E-state index in [0.29, 0.717) is 0 Å². The maximum absolute atomic E-state index is 4.94. The van der Waals surface area contributed by atoms with Crippen LogP contribution >= 0.6 is 0 Å². The molecular weight excluding hydrogens is 340 g/mol. The van der Waals surface area contributed by atoms with Gasteiger partial charge in [-0.3, -0.25) is 0 Å². The summed E-state index contributed by atoms with van der Waals surface area (Å²) in [7, 11) is 0. The summed E-state index contributed by atoms with van der Waals surface area (Å²) in [6.07, 6.45) is 0. The van der Waals surface area contributed by atoms with Crippen molar-refractivity contribution < 1.29 is 5.73 Å². The molecule has 0 aliphatic carbocycles. The van der Waals surface area contributed by atoms with E-state index in [-0.39, 0.29) is 6.04 Å². The summed E-state index contributed by atoms with van der Waals surface area (Å²) in [5.41, 5.74) is 8.82. The average molecular weight is 361 g/mol. The van der Waals surface area contributed by atoms with E-state index in [1.807, 2.05) is 18.2 Å². The molecule has 0 aliphatic rings. The SMILES string of the molecule is [NH3+]C(c1cccc(-c2ccccc2)n1)c1cc2ccccc2c2ccccc12. The van der Waals surface area contributed by atoms with Gasteiger partial charge in [0.15, 0.2) is 6.04 Å². The van der Waals surface area contributed by atoms with Crippen LogP contribution in [0.15, 0.2) is 103 Å². The zero-order valence-corrected chi connectivity index (χ0v) is 15.5. The van der Waals surface area contributed by atoms with Gasteiger partial charge in [0, 0.05) is 11.1 Å². The van der Waals surface area contributed by atoms with Gasteiger partial charge in [0.05, 0.1) is 5.69 Å². The molecule has 0 saturated carbocycles. The maximum atomic E-state index is 4.94. The van der Waals surface area contributed by atoms with Crippen molar-refractivity contribution in [2.45, 2.75) is 6.04 Å². The highest BCUT2D eigenvalue weighted by atomic mass is 14.8. The Morgan fingerprint density at radius 3 is 2.11 bits per heavy atom. The summed E-state index contributed by atoms with van der Waals surface area (Å²) in [6.45, 7) is 0. The molecule has 1 heterocycles. The number of quaternary nitrogens is 1. The summed E-state index contributed by atoms with van der Waals surface area (Å²) in [5, 5.41) is 5.03. The Balaban J connectivity index is 1.68. The molecule has 0 saturated heterocycles. The van der Waals surface area contributed by atoms with Crippen molar-refractivity contribution in [1.82, 2.24) is 4.98 Å². The van der Waals surface area contributed by atoms with Gasteiger partial charge in [0.2, 0.25) is 0 Å². The molecule has 1 unspecified atom stereocenters. The summed E-state index contributed by atoms with van der Waals surface area (Å²) in [6, 6.07) is 35.9. The molecule has 5 rings (SSSR count). The van der Waals surface area contributed by atoms with Crippen molar-refractivity contribution in [2.75, 3.05) is 0 Å². The predicted octanol–water partition coefficient (Wildman–Crippen LogP) is 5.39. The lowest BCUT2D eigenvalue weighted by Crippen LogP contribution is -2.54. The Morgan fingerprint density at radius 2 is 1.29 bits per heavy atom. The third-order valence-electron chi connectivity index (χ3n) is 5.37. The number of hydrogen-bond acceptors (Lipinski definition) is 1. The van der Waals surface area contributed by atoms with Gasteiger partial charge in [-0.15, -0.1) is 0 Å². The van der Waals surface area contributed by atoms with Crippen molar-refractivity contribution in [1.29, 1.82) is 0 Å². The van der Waals surface area contributed by atoms with Crippen LogP contribution in [0.25, 0.3) is 32.8 Å². The average Bonchev–Trinajstić information content (AvgIpc) is 2.79. The van der Waals surface area contributed by atoms with Crippen LogP contribution in [0.3, 0.4) is 0 Å². The molecule has 28 heavy (non-hydrogen) atoms. The Hall–Kier alpha value is -3.49. The fraction of sp³-hybridized carbons (Fsp3) is 0.0385. The second kappa shape index (κ2) is 6.91. The quantitative estimate of drug-likeness (QED) is 0.430. The van der Waals surface area contributed by atoms with Gasteiger partial charge in [-0.2, -0.15) is 0 Å². The molecule has 4 aromatic carbocycles. The van der Waals surface area contributed by atoms with Crippen LogP contribution in [-0.4, -0.2) is 4.98 Å². The minimum Gasteiger partial charge on any atom is -0.346 e. The minimum absolute atomic E-state index is 0.0434. The monoisotopic (exact) mass is 361 g/mol. The second-order valence-corrected chi connectivity index (χ2v) is 7.10. The zero-order chi connectivity index (χ0) is 18.9. The molecule has 0 bridgehead atoms. The summed E-state index contributed by atoms with van der Waals surface area (Å²) in [4.78, 5) is 4.94. The van der Waals surface area contributed by atoms with Crippen molar-refractivity contribution in [3.05, 3.63) is 114 Å². The van der Waals surface area contributed by atoms with Gasteiger partial charge >= 0.3 is 0 Å². The number of nitrogens with zero attached hydrogens (tertiary/aromatic N) is 1. The van der Waals surface area contributed by atoms with Crippen LogP contribution in [0.2, 0.25) is 0 Å². The van der Waals surface area contributed by atoms with Gasteiger partial charge in [-0.25, -0.2) is 4.98 Å². The molecule has 134 valence electrons. The lowest BCUT2D eigenvalue weighted by Gasteiger charge is -2.15. The van der Waals surface area contributed by atoms with Crippen molar-refractivity contribution in [2.24, 2.45) is 0 Å². The molecule has 1 aromatic heterocycles. The number of hydrogen-bond donors (Lipinski definition) is 1. The van der Waals surface area contributed by atoms with Gasteiger partial charge in [-0.05, 0) is 39.7 Å². The second-order valence-electron chi connectivity index (χ2n) is 7.10. The van der Waals surface area contributed by atoms with Crippen LogP contribution in [0, 0.1) is 0 Å². The number of aromatic nitrogens is 1. The Morgan fingerprint density at radius 1 is 0.607 bits per heavy atom. The van der Waals surface area contributed by atoms with Gasteiger partial charge in [0.1, 0.15) is 5.69 Å². The Bertz CT molecular complexity index is 1280. The first-order chi connectivity index (χ1) is 13.8. The highest BCUT2D eigenvalue weighted by molar-refractivity contribution is 6.09. The number of fused-ring (bicyclic) bond motifs is 3. The van der Waals surface area contributed by atoms with Gasteiger partial charge in [-0.1, -0.05) is 84.9 Å². The molecular formula is C26H21N2+. The van der Waals surface area contributed by atoms with Crippen LogP contribution in [0.1, 0.15) is 17.3 Å². The van der Waals surface area contributed by atoms with E-state index in [1.54, 1.807) is 0 Å². The molecule has 2 heteroatoms. The highest BCUT2D eigenvalue weighted by Crippen LogP contribution is 2.32. The number of pyridine rings is 1. The normalized spacial score (nSPS) is 12.3. The third-order valence-corrected chi connectivity index (χ3v) is 5.37. The van der Waals surface area contributed by atoms with E-state index in [0.717, 1.165) is 17.0 Å². The Kier molecular flexibility index (Phi) is 4.12. The number of benzene rings is 4. The fourth-order valence-electron chi connectivity index (χ4n) is 3.95. The van der Waals surface area contributed by atoms with E-state index in [1.165, 1.54) is 27.1 Å². The fourth-order valence-corrected chi connectivity index (χ4v) is 3.95. The Labute approximate surface area is 164 Å². The van der Waals surface area contributed by atoms with Gasteiger partial charge in [0.25, 0.3) is 0 Å². The van der Waals surface area contributed by atoms with Crippen molar-refractivity contribution in [3.8, 4) is 11.3 Å². The lowest BCUT2D eigenvalue weighted by atomic mass is 9.92. The maximum Gasteiger partial charge on any atom is 0.153 e. The summed E-state index contributed by atoms with van der Waals surface area (Å²) >= 11 is 0. The molecule has 0 amide bonds. The first-order valence-corrected chi connectivity index (χ1v) is 9.57. The predicted molar refractivity (Wildman–Crippen MR) is 116 cm³/mol. The molecule has 2 nitrogen and oxygen atoms in total. The van der Waals surface area contributed by atoms with E-state index < -0.39 is 0 Å². The molecule has 0 fully saturated rings. The van der Waals surface area contributed by atoms with Crippen molar-refractivity contribution in [3.63, 3.8) is 0 Å². The molecule has 0 spiro atoms. The van der Waals surface area contributed by atoms with E-state index >= 15 is 0 Å². The standard InChI is InChI=1S/C26H20N2/c27-26(25-16-8-15-24(28-25)18-9-2-1-3-10-18)23-17-19-11-4-5-12-20(19)21-13-6-7-14-22(21)23/h1-17,26H,27H2/p+1. The van der Waals surface area contributed by atoms with E-state index in [2.05, 4.69) is 90.7 Å². The summed E-state index contributed by atoms with van der Waals surface area (Å²) in [5.74, 6) is 0. The van der Waals surface area contributed by atoms with E-state index in [4.69, 9.17) is 4.98 Å². The molecule has 0 radical (unpaired) electrons. The molecule has 5 aromatic rings. The number of rotatable bonds is 3. The van der Waals surface area contributed by atoms with Crippen LogP contribution < -0.4 is 5.73 Å². The minimum atomic E-state index is -0.0434. The van der Waals surface area contributed by atoms with Crippen molar-refractivity contribution >= 4 is 21.5 Å². The van der Waals surface area contributed by atoms with Crippen LogP contribution in [0.5, 0.6) is 0 Å².